The number of aryl methyl sites for hydroxylation is 1. The van der Waals surface area contributed by atoms with E-state index in [1.165, 1.54) is 14.2 Å². The Kier molecular flexibility index (Phi) is 4.71. The van der Waals surface area contributed by atoms with E-state index >= 15 is 0 Å². The van der Waals surface area contributed by atoms with E-state index in [9.17, 15) is 0 Å². The minimum absolute atomic E-state index is 0.611. The van der Waals surface area contributed by atoms with E-state index in [2.05, 4.69) is 15.5 Å². The molecule has 1 heterocycles. The predicted molar refractivity (Wildman–Crippen MR) is 80.3 cm³/mol. The highest BCUT2D eigenvalue weighted by molar-refractivity contribution is 6.47. The first-order chi connectivity index (χ1) is 10.2. The van der Waals surface area contributed by atoms with E-state index in [1.807, 2.05) is 37.3 Å². The van der Waals surface area contributed by atoms with Crippen molar-refractivity contribution in [1.82, 2.24) is 5.16 Å². The molecule has 1 aromatic carbocycles. The van der Waals surface area contributed by atoms with E-state index in [4.69, 9.17) is 14.2 Å². The molecule has 0 atom stereocenters. The van der Waals surface area contributed by atoms with Crippen molar-refractivity contribution in [3.8, 4) is 11.3 Å². The number of hydrogen-bond donors (Lipinski definition) is 0. The Morgan fingerprint density at radius 2 is 1.76 bits per heavy atom. The quantitative estimate of drug-likeness (QED) is 0.626. The average molecular weight is 287 g/mol. The topological polar surface area (TPSA) is 69.2 Å². The molecule has 0 amide bonds. The molecule has 0 saturated heterocycles. The SMILES string of the molecule is CO/N=C(C)/C(=N/OC)c1ccc(-c2cc(C)no2)cc1. The highest BCUT2D eigenvalue weighted by Crippen LogP contribution is 2.21. The van der Waals surface area contributed by atoms with Gasteiger partial charge in [-0.05, 0) is 13.8 Å². The van der Waals surface area contributed by atoms with Crippen LogP contribution in [0.15, 0.2) is 45.2 Å². The summed E-state index contributed by atoms with van der Waals surface area (Å²) in [5.74, 6) is 0.728. The van der Waals surface area contributed by atoms with Gasteiger partial charge in [-0.3, -0.25) is 0 Å². The van der Waals surface area contributed by atoms with Crippen LogP contribution in [0.25, 0.3) is 11.3 Å². The van der Waals surface area contributed by atoms with Gasteiger partial charge < -0.3 is 14.2 Å². The van der Waals surface area contributed by atoms with Crippen molar-refractivity contribution in [1.29, 1.82) is 0 Å². The summed E-state index contributed by atoms with van der Waals surface area (Å²) < 4.78 is 5.24. The van der Waals surface area contributed by atoms with Crippen LogP contribution in [0.2, 0.25) is 0 Å². The maximum Gasteiger partial charge on any atom is 0.167 e. The number of oxime groups is 2. The number of aromatic nitrogens is 1. The number of benzene rings is 1. The van der Waals surface area contributed by atoms with Crippen LogP contribution in [0, 0.1) is 6.92 Å². The van der Waals surface area contributed by atoms with Crippen LogP contribution in [-0.2, 0) is 9.68 Å². The molecule has 110 valence electrons. The molecule has 1 aromatic heterocycles. The lowest BCUT2D eigenvalue weighted by Gasteiger charge is -2.05. The van der Waals surface area contributed by atoms with Crippen molar-refractivity contribution in [2.45, 2.75) is 13.8 Å². The fourth-order valence-corrected chi connectivity index (χ4v) is 1.89. The Morgan fingerprint density at radius 1 is 1.10 bits per heavy atom. The van der Waals surface area contributed by atoms with Crippen molar-refractivity contribution in [2.24, 2.45) is 10.3 Å². The minimum atomic E-state index is 0.611. The molecule has 0 radical (unpaired) electrons. The van der Waals surface area contributed by atoms with Crippen LogP contribution in [0.5, 0.6) is 0 Å². The molecule has 21 heavy (non-hydrogen) atoms. The molecular weight excluding hydrogens is 270 g/mol. The van der Waals surface area contributed by atoms with E-state index in [0.29, 0.717) is 11.4 Å². The van der Waals surface area contributed by atoms with Gasteiger partial charge in [-0.2, -0.15) is 0 Å². The molecule has 0 bridgehead atoms. The monoisotopic (exact) mass is 287 g/mol. The third-order valence-electron chi connectivity index (χ3n) is 2.82. The Bertz CT molecular complexity index is 657. The molecule has 0 aliphatic heterocycles. The molecule has 6 heteroatoms. The van der Waals surface area contributed by atoms with E-state index < -0.39 is 0 Å². The third-order valence-corrected chi connectivity index (χ3v) is 2.82. The average Bonchev–Trinajstić information content (AvgIpc) is 2.92. The molecule has 0 N–H and O–H groups in total. The Balaban J connectivity index is 2.32. The maximum absolute atomic E-state index is 5.24. The van der Waals surface area contributed by atoms with Gasteiger partial charge in [-0.15, -0.1) is 0 Å². The molecule has 0 saturated carbocycles. The largest absolute Gasteiger partial charge is 0.399 e. The van der Waals surface area contributed by atoms with Gasteiger partial charge in [-0.1, -0.05) is 39.7 Å². The minimum Gasteiger partial charge on any atom is -0.399 e. The highest BCUT2D eigenvalue weighted by Gasteiger charge is 2.11. The first-order valence-electron chi connectivity index (χ1n) is 6.39. The molecule has 6 nitrogen and oxygen atoms in total. The summed E-state index contributed by atoms with van der Waals surface area (Å²) in [4.78, 5) is 9.64. The summed E-state index contributed by atoms with van der Waals surface area (Å²) in [6, 6.07) is 9.58. The van der Waals surface area contributed by atoms with Gasteiger partial charge in [0.05, 0.1) is 5.69 Å². The summed E-state index contributed by atoms with van der Waals surface area (Å²) in [7, 11) is 2.98. The zero-order valence-corrected chi connectivity index (χ0v) is 12.5. The standard InChI is InChI=1S/C15H17N3O3/c1-10-9-14(21-16-10)12-5-7-13(8-6-12)15(18-20-4)11(2)17-19-3/h5-9H,1-4H3/b17-11+,18-15-. The van der Waals surface area contributed by atoms with E-state index in [1.54, 1.807) is 6.92 Å². The van der Waals surface area contributed by atoms with Gasteiger partial charge in [0.15, 0.2) is 5.76 Å². The molecule has 0 fully saturated rings. The van der Waals surface area contributed by atoms with Crippen molar-refractivity contribution in [2.75, 3.05) is 14.2 Å². The summed E-state index contributed by atoms with van der Waals surface area (Å²) in [5.41, 5.74) is 3.90. The van der Waals surface area contributed by atoms with E-state index in [0.717, 1.165) is 22.6 Å². The lowest BCUT2D eigenvalue weighted by atomic mass is 10.0. The second kappa shape index (κ2) is 6.69. The fraction of sp³-hybridized carbons (Fsp3) is 0.267. The first kappa shape index (κ1) is 14.8. The highest BCUT2D eigenvalue weighted by atomic mass is 16.6. The summed E-state index contributed by atoms with van der Waals surface area (Å²) >= 11 is 0. The van der Waals surface area contributed by atoms with Crippen LogP contribution in [0.4, 0.5) is 0 Å². The molecule has 2 aromatic rings. The summed E-state index contributed by atoms with van der Waals surface area (Å²) in [5, 5.41) is 11.7. The van der Waals surface area contributed by atoms with Gasteiger partial charge in [0.25, 0.3) is 0 Å². The van der Waals surface area contributed by atoms with Crippen LogP contribution in [0.3, 0.4) is 0 Å². The molecule has 0 aliphatic rings. The smallest absolute Gasteiger partial charge is 0.167 e. The van der Waals surface area contributed by atoms with Crippen molar-refractivity contribution < 1.29 is 14.2 Å². The van der Waals surface area contributed by atoms with Gasteiger partial charge in [-0.25, -0.2) is 0 Å². The maximum atomic E-state index is 5.24. The van der Waals surface area contributed by atoms with Crippen LogP contribution in [-0.4, -0.2) is 30.8 Å². The normalized spacial score (nSPS) is 12.4. The zero-order chi connectivity index (χ0) is 15.2. The first-order valence-corrected chi connectivity index (χ1v) is 6.39. The van der Waals surface area contributed by atoms with Gasteiger partial charge in [0.2, 0.25) is 0 Å². The number of rotatable bonds is 5. The van der Waals surface area contributed by atoms with Crippen molar-refractivity contribution in [3.63, 3.8) is 0 Å². The Morgan fingerprint density at radius 3 is 2.29 bits per heavy atom. The fourth-order valence-electron chi connectivity index (χ4n) is 1.89. The lowest BCUT2D eigenvalue weighted by Crippen LogP contribution is -2.13. The third kappa shape index (κ3) is 3.47. The number of nitrogens with zero attached hydrogens (tertiary/aromatic N) is 3. The van der Waals surface area contributed by atoms with Gasteiger partial charge in [0, 0.05) is 17.2 Å². The Labute approximate surface area is 123 Å². The second-order valence-electron chi connectivity index (χ2n) is 4.39. The van der Waals surface area contributed by atoms with Gasteiger partial charge >= 0.3 is 0 Å². The molecule has 2 rings (SSSR count). The van der Waals surface area contributed by atoms with E-state index in [-0.39, 0.29) is 0 Å². The number of hydrogen-bond acceptors (Lipinski definition) is 6. The second-order valence-corrected chi connectivity index (χ2v) is 4.39. The Hall–Kier alpha value is -2.63. The molecule has 0 aliphatic carbocycles. The summed E-state index contributed by atoms with van der Waals surface area (Å²) in [6.45, 7) is 3.68. The van der Waals surface area contributed by atoms with Crippen LogP contribution < -0.4 is 0 Å². The summed E-state index contributed by atoms with van der Waals surface area (Å²) in [6.07, 6.45) is 0. The van der Waals surface area contributed by atoms with Crippen molar-refractivity contribution >= 4 is 11.4 Å². The van der Waals surface area contributed by atoms with Crippen LogP contribution >= 0.6 is 0 Å². The lowest BCUT2D eigenvalue weighted by molar-refractivity contribution is 0.210. The van der Waals surface area contributed by atoms with Gasteiger partial charge in [0.1, 0.15) is 25.6 Å². The zero-order valence-electron chi connectivity index (χ0n) is 12.5. The van der Waals surface area contributed by atoms with Crippen molar-refractivity contribution in [3.05, 3.63) is 41.6 Å². The molecular formula is C15H17N3O3. The molecule has 0 unspecified atom stereocenters. The molecule has 0 spiro atoms. The predicted octanol–water partition coefficient (Wildman–Crippen LogP) is 3.02. The van der Waals surface area contributed by atoms with Crippen LogP contribution in [0.1, 0.15) is 18.2 Å².